The lowest BCUT2D eigenvalue weighted by Gasteiger charge is -2.18. The molecule has 126 valence electrons. The van der Waals surface area contributed by atoms with Gasteiger partial charge in [-0.1, -0.05) is 18.6 Å². The van der Waals surface area contributed by atoms with Crippen LogP contribution in [-0.2, 0) is 14.3 Å². The van der Waals surface area contributed by atoms with Gasteiger partial charge in [0, 0.05) is 0 Å². The highest BCUT2D eigenvalue weighted by Crippen LogP contribution is 2.39. The topological polar surface area (TPSA) is 63.7 Å². The minimum atomic E-state index is -0.393. The van der Waals surface area contributed by atoms with Gasteiger partial charge in [0.2, 0.25) is 11.8 Å². The maximum Gasteiger partial charge on any atom is 0.338 e. The fourth-order valence-corrected chi connectivity index (χ4v) is 3.32. The molecule has 1 saturated heterocycles. The molecule has 0 radical (unpaired) electrons. The van der Waals surface area contributed by atoms with Crippen molar-refractivity contribution in [2.45, 2.75) is 33.1 Å². The van der Waals surface area contributed by atoms with Gasteiger partial charge in [-0.2, -0.15) is 0 Å². The molecule has 0 saturated carbocycles. The minimum Gasteiger partial charge on any atom is -0.462 e. The highest BCUT2D eigenvalue weighted by molar-refractivity contribution is 6.22. The van der Waals surface area contributed by atoms with E-state index in [4.69, 9.17) is 4.74 Å². The number of nitrogens with zero attached hydrogens (tertiary/aromatic N) is 1. The third-order valence-electron chi connectivity index (χ3n) is 4.62. The molecular formula is C19H21NO4. The minimum absolute atomic E-state index is 0.140. The van der Waals surface area contributed by atoms with Gasteiger partial charge < -0.3 is 4.74 Å². The molecule has 1 aromatic rings. The summed E-state index contributed by atoms with van der Waals surface area (Å²) in [6, 6.07) is 6.46. The van der Waals surface area contributed by atoms with E-state index in [1.807, 2.05) is 19.9 Å². The second kappa shape index (κ2) is 6.59. The number of esters is 1. The van der Waals surface area contributed by atoms with Gasteiger partial charge in [-0.15, -0.1) is 0 Å². The smallest absolute Gasteiger partial charge is 0.338 e. The van der Waals surface area contributed by atoms with Gasteiger partial charge in [-0.3, -0.25) is 14.5 Å². The van der Waals surface area contributed by atoms with Crippen molar-refractivity contribution in [3.63, 3.8) is 0 Å². The highest BCUT2D eigenvalue weighted by atomic mass is 16.5. The Bertz CT molecular complexity index is 705. The molecule has 0 aromatic heterocycles. The zero-order chi connectivity index (χ0) is 17.3. The molecule has 0 spiro atoms. The van der Waals surface area contributed by atoms with Crippen molar-refractivity contribution in [1.82, 2.24) is 0 Å². The molecule has 1 fully saturated rings. The summed E-state index contributed by atoms with van der Waals surface area (Å²) in [5.41, 5.74) is 2.10. The summed E-state index contributed by atoms with van der Waals surface area (Å²) in [6.45, 7) is 4.30. The summed E-state index contributed by atoms with van der Waals surface area (Å²) in [5.74, 6) is -1.18. The van der Waals surface area contributed by atoms with Crippen molar-refractivity contribution in [3.05, 3.63) is 41.5 Å². The Balaban J connectivity index is 1.79. The van der Waals surface area contributed by atoms with E-state index in [2.05, 4.69) is 0 Å². The number of benzene rings is 1. The molecule has 0 N–H and O–H groups in total. The van der Waals surface area contributed by atoms with Crippen molar-refractivity contribution in [1.29, 1.82) is 0 Å². The quantitative estimate of drug-likeness (QED) is 0.484. The molecule has 5 heteroatoms. The molecule has 1 aromatic carbocycles. The normalized spacial score (nSPS) is 23.1. The van der Waals surface area contributed by atoms with Gasteiger partial charge in [0.15, 0.2) is 0 Å². The van der Waals surface area contributed by atoms with E-state index in [0.29, 0.717) is 30.7 Å². The second-order valence-corrected chi connectivity index (χ2v) is 6.40. The SMILES string of the molecule is CCCOC(=O)c1ccc(N2C(=O)C3CC=C(C)CC3C2=O)cc1. The van der Waals surface area contributed by atoms with E-state index in [1.54, 1.807) is 24.3 Å². The van der Waals surface area contributed by atoms with Crippen molar-refractivity contribution in [3.8, 4) is 0 Å². The predicted octanol–water partition coefficient (Wildman–Crippen LogP) is 3.10. The Morgan fingerprint density at radius 3 is 2.50 bits per heavy atom. The molecule has 3 rings (SSSR count). The van der Waals surface area contributed by atoms with Crippen molar-refractivity contribution in [2.75, 3.05) is 11.5 Å². The molecular weight excluding hydrogens is 306 g/mol. The van der Waals surface area contributed by atoms with E-state index in [0.717, 1.165) is 12.0 Å². The van der Waals surface area contributed by atoms with Crippen LogP contribution in [0.1, 0.15) is 43.5 Å². The average molecular weight is 327 g/mol. The van der Waals surface area contributed by atoms with Gasteiger partial charge in [0.25, 0.3) is 0 Å². The Morgan fingerprint density at radius 2 is 1.83 bits per heavy atom. The molecule has 2 unspecified atom stereocenters. The largest absolute Gasteiger partial charge is 0.462 e. The molecule has 2 atom stereocenters. The number of carbonyl (C=O) groups excluding carboxylic acids is 3. The fourth-order valence-electron chi connectivity index (χ4n) is 3.32. The maximum atomic E-state index is 12.6. The summed E-state index contributed by atoms with van der Waals surface area (Å²) in [4.78, 5) is 38.3. The first kappa shape index (κ1) is 16.4. The molecule has 1 aliphatic carbocycles. The number of allylic oxidation sites excluding steroid dienone is 2. The van der Waals surface area contributed by atoms with Gasteiger partial charge in [0.1, 0.15) is 0 Å². The summed E-state index contributed by atoms with van der Waals surface area (Å²) in [5, 5.41) is 0. The lowest BCUT2D eigenvalue weighted by molar-refractivity contribution is -0.122. The summed E-state index contributed by atoms with van der Waals surface area (Å²) < 4.78 is 5.08. The average Bonchev–Trinajstić information content (AvgIpc) is 2.83. The number of imide groups is 1. The van der Waals surface area contributed by atoms with Gasteiger partial charge >= 0.3 is 5.97 Å². The van der Waals surface area contributed by atoms with Crippen molar-refractivity contribution >= 4 is 23.5 Å². The van der Waals surface area contributed by atoms with Crippen LogP contribution in [0.5, 0.6) is 0 Å². The molecule has 0 bridgehead atoms. The van der Waals surface area contributed by atoms with Crippen molar-refractivity contribution in [2.24, 2.45) is 11.8 Å². The van der Waals surface area contributed by atoms with Crippen LogP contribution in [0.15, 0.2) is 35.9 Å². The standard InChI is InChI=1S/C19H21NO4/c1-3-10-24-19(23)13-5-7-14(8-6-13)20-17(21)15-9-4-12(2)11-16(15)18(20)22/h4-8,15-16H,3,9-11H2,1-2H3. The third kappa shape index (κ3) is 2.86. The van der Waals surface area contributed by atoms with E-state index < -0.39 is 5.97 Å². The van der Waals surface area contributed by atoms with Crippen LogP contribution in [-0.4, -0.2) is 24.4 Å². The van der Waals surface area contributed by atoms with Crippen LogP contribution < -0.4 is 4.90 Å². The maximum absolute atomic E-state index is 12.6. The van der Waals surface area contributed by atoms with E-state index in [9.17, 15) is 14.4 Å². The lowest BCUT2D eigenvalue weighted by atomic mass is 9.82. The van der Waals surface area contributed by atoms with Crippen LogP contribution in [0.25, 0.3) is 0 Å². The fraction of sp³-hybridized carbons (Fsp3) is 0.421. The highest BCUT2D eigenvalue weighted by Gasteiger charge is 2.48. The number of fused-ring (bicyclic) bond motifs is 1. The van der Waals surface area contributed by atoms with Crippen LogP contribution in [0.2, 0.25) is 0 Å². The number of hydrogen-bond acceptors (Lipinski definition) is 4. The summed E-state index contributed by atoms with van der Waals surface area (Å²) in [6.07, 6.45) is 4.08. The molecule has 2 amide bonds. The number of ether oxygens (including phenoxy) is 1. The Morgan fingerprint density at radius 1 is 1.17 bits per heavy atom. The van der Waals surface area contributed by atoms with Crippen LogP contribution in [0.3, 0.4) is 0 Å². The summed E-state index contributed by atoms with van der Waals surface area (Å²) in [7, 11) is 0. The zero-order valence-corrected chi connectivity index (χ0v) is 14.0. The Kier molecular flexibility index (Phi) is 4.51. The van der Waals surface area contributed by atoms with Gasteiger partial charge in [0.05, 0.1) is 29.7 Å². The Hall–Kier alpha value is -2.43. The number of anilines is 1. The van der Waals surface area contributed by atoms with E-state index >= 15 is 0 Å². The molecule has 1 aliphatic heterocycles. The monoisotopic (exact) mass is 327 g/mol. The number of carbonyl (C=O) groups is 3. The second-order valence-electron chi connectivity index (χ2n) is 6.40. The van der Waals surface area contributed by atoms with Gasteiger partial charge in [-0.25, -0.2) is 4.79 Å². The first-order valence-electron chi connectivity index (χ1n) is 8.33. The first-order valence-corrected chi connectivity index (χ1v) is 8.33. The summed E-state index contributed by atoms with van der Waals surface area (Å²) >= 11 is 0. The zero-order valence-electron chi connectivity index (χ0n) is 14.0. The Labute approximate surface area is 141 Å². The predicted molar refractivity (Wildman–Crippen MR) is 89.5 cm³/mol. The third-order valence-corrected chi connectivity index (χ3v) is 4.62. The van der Waals surface area contributed by atoms with Crippen LogP contribution in [0.4, 0.5) is 5.69 Å². The number of amides is 2. The van der Waals surface area contributed by atoms with Crippen molar-refractivity contribution < 1.29 is 19.1 Å². The molecule has 2 aliphatic rings. The molecule has 1 heterocycles. The number of hydrogen-bond donors (Lipinski definition) is 0. The first-order chi connectivity index (χ1) is 11.5. The van der Waals surface area contributed by atoms with Crippen LogP contribution >= 0.6 is 0 Å². The lowest BCUT2D eigenvalue weighted by Crippen LogP contribution is -2.30. The molecule has 5 nitrogen and oxygen atoms in total. The van der Waals surface area contributed by atoms with E-state index in [-0.39, 0.29) is 23.7 Å². The van der Waals surface area contributed by atoms with E-state index in [1.165, 1.54) is 4.90 Å². The van der Waals surface area contributed by atoms with Gasteiger partial charge in [-0.05, 0) is 50.5 Å². The molecule has 24 heavy (non-hydrogen) atoms. The van der Waals surface area contributed by atoms with Crippen LogP contribution in [0, 0.1) is 11.8 Å². The number of rotatable bonds is 4.